The second kappa shape index (κ2) is 8.56. The Morgan fingerprint density at radius 1 is 0.871 bits per heavy atom. The van der Waals surface area contributed by atoms with Gasteiger partial charge in [-0.3, -0.25) is 0 Å². The van der Waals surface area contributed by atoms with Crippen LogP contribution in [0.25, 0.3) is 33.4 Å². The number of hydrogen-bond donors (Lipinski definition) is 1. The summed E-state index contributed by atoms with van der Waals surface area (Å²) in [6.07, 6.45) is 3.31. The van der Waals surface area contributed by atoms with Crippen LogP contribution in [-0.4, -0.2) is 25.2 Å². The zero-order valence-electron chi connectivity index (χ0n) is 17.6. The number of hydrogen-bond acceptors (Lipinski definition) is 3. The first-order chi connectivity index (χ1) is 15.3. The number of H-pyrrole nitrogens is 1. The smallest absolute Gasteiger partial charge is 0.205 e. The molecule has 5 aromatic rings. The van der Waals surface area contributed by atoms with Gasteiger partial charge < -0.3 is 4.57 Å². The molecule has 0 saturated carbocycles. The van der Waals surface area contributed by atoms with Crippen LogP contribution in [0.5, 0.6) is 0 Å². The Balaban J connectivity index is 1.45. The summed E-state index contributed by atoms with van der Waals surface area (Å²) in [4.78, 5) is 0. The fourth-order valence-corrected chi connectivity index (χ4v) is 4.21. The SMILES string of the molecule is CCCCn1c(Cc2ccc(-c3ccccc3-c3nn[nH]n3)cc2)cc2ccccc21. The zero-order chi connectivity index (χ0) is 21.0. The summed E-state index contributed by atoms with van der Waals surface area (Å²) in [6, 6.07) is 28.0. The normalized spacial score (nSPS) is 11.3. The van der Waals surface area contributed by atoms with Crippen molar-refractivity contribution in [3.8, 4) is 22.5 Å². The number of unbranched alkanes of at least 4 members (excludes halogenated alkanes) is 1. The molecule has 0 unspecified atom stereocenters. The molecule has 3 aromatic carbocycles. The Morgan fingerprint density at radius 2 is 1.65 bits per heavy atom. The van der Waals surface area contributed by atoms with Gasteiger partial charge >= 0.3 is 0 Å². The molecule has 5 rings (SSSR count). The van der Waals surface area contributed by atoms with E-state index in [9.17, 15) is 0 Å². The van der Waals surface area contributed by atoms with E-state index in [0.717, 1.165) is 29.7 Å². The first-order valence-electron chi connectivity index (χ1n) is 10.8. The van der Waals surface area contributed by atoms with Crippen LogP contribution >= 0.6 is 0 Å². The van der Waals surface area contributed by atoms with Gasteiger partial charge in [-0.15, -0.1) is 10.2 Å². The average molecular weight is 408 g/mol. The highest BCUT2D eigenvalue weighted by molar-refractivity contribution is 5.82. The number of fused-ring (bicyclic) bond motifs is 1. The first kappa shape index (κ1) is 19.2. The molecule has 5 heteroatoms. The number of nitrogens with one attached hydrogen (secondary N) is 1. The molecular formula is C26H25N5. The summed E-state index contributed by atoms with van der Waals surface area (Å²) in [5.74, 6) is 0.611. The van der Waals surface area contributed by atoms with Crippen LogP contribution in [0.1, 0.15) is 31.0 Å². The monoisotopic (exact) mass is 407 g/mol. The van der Waals surface area contributed by atoms with E-state index in [4.69, 9.17) is 0 Å². The fourth-order valence-electron chi connectivity index (χ4n) is 4.21. The summed E-state index contributed by atoms with van der Waals surface area (Å²) in [5.41, 5.74) is 7.24. The van der Waals surface area contributed by atoms with E-state index >= 15 is 0 Å². The second-order valence-corrected chi connectivity index (χ2v) is 7.85. The van der Waals surface area contributed by atoms with E-state index < -0.39 is 0 Å². The van der Waals surface area contributed by atoms with Gasteiger partial charge in [0.05, 0.1) is 0 Å². The minimum Gasteiger partial charge on any atom is -0.344 e. The third-order valence-electron chi connectivity index (χ3n) is 5.80. The topological polar surface area (TPSA) is 59.4 Å². The highest BCUT2D eigenvalue weighted by Gasteiger charge is 2.12. The van der Waals surface area contributed by atoms with Crippen LogP contribution in [0.15, 0.2) is 78.9 Å². The molecule has 0 aliphatic rings. The quantitative estimate of drug-likeness (QED) is 0.366. The second-order valence-electron chi connectivity index (χ2n) is 7.85. The van der Waals surface area contributed by atoms with Crippen LogP contribution in [0.3, 0.4) is 0 Å². The van der Waals surface area contributed by atoms with E-state index in [1.807, 2.05) is 18.2 Å². The first-order valence-corrected chi connectivity index (χ1v) is 10.8. The van der Waals surface area contributed by atoms with Crippen LogP contribution in [0.4, 0.5) is 0 Å². The molecule has 0 spiro atoms. The Hall–Kier alpha value is -3.73. The molecule has 2 aromatic heterocycles. The number of nitrogens with zero attached hydrogens (tertiary/aromatic N) is 4. The lowest BCUT2D eigenvalue weighted by atomic mass is 9.97. The molecule has 0 aliphatic carbocycles. The van der Waals surface area contributed by atoms with E-state index in [2.05, 4.69) is 92.8 Å². The number of aromatic amines is 1. The molecule has 31 heavy (non-hydrogen) atoms. The zero-order valence-corrected chi connectivity index (χ0v) is 17.6. The minimum atomic E-state index is 0.611. The Kier molecular flexibility index (Phi) is 5.31. The molecule has 0 radical (unpaired) electrons. The highest BCUT2D eigenvalue weighted by atomic mass is 15.5. The van der Waals surface area contributed by atoms with Crippen LogP contribution in [0, 0.1) is 0 Å². The van der Waals surface area contributed by atoms with Crippen molar-refractivity contribution in [2.75, 3.05) is 0 Å². The maximum atomic E-state index is 4.15. The van der Waals surface area contributed by atoms with Crippen LogP contribution in [-0.2, 0) is 13.0 Å². The van der Waals surface area contributed by atoms with E-state index in [1.54, 1.807) is 0 Å². The molecule has 0 fully saturated rings. The van der Waals surface area contributed by atoms with Crippen LogP contribution < -0.4 is 0 Å². The van der Waals surface area contributed by atoms with Gasteiger partial charge in [0.2, 0.25) is 5.82 Å². The third kappa shape index (κ3) is 3.87. The van der Waals surface area contributed by atoms with E-state index in [-0.39, 0.29) is 0 Å². The summed E-state index contributed by atoms with van der Waals surface area (Å²) in [7, 11) is 0. The van der Waals surface area contributed by atoms with Crippen molar-refractivity contribution in [2.45, 2.75) is 32.7 Å². The standard InChI is InChI=1S/C26H25N5/c1-2-3-16-31-22(18-21-8-4-7-11-25(21)31)17-19-12-14-20(15-13-19)23-9-5-6-10-24(23)26-27-29-30-28-26/h4-15,18H,2-3,16-17H2,1H3,(H,27,28,29,30). The Bertz CT molecular complexity index is 1280. The van der Waals surface area contributed by atoms with Crippen molar-refractivity contribution in [1.29, 1.82) is 0 Å². The van der Waals surface area contributed by atoms with Crippen LogP contribution in [0.2, 0.25) is 0 Å². The van der Waals surface area contributed by atoms with Gasteiger partial charge in [0.1, 0.15) is 0 Å². The van der Waals surface area contributed by atoms with Gasteiger partial charge in [-0.1, -0.05) is 80.1 Å². The van der Waals surface area contributed by atoms with E-state index in [1.165, 1.54) is 35.0 Å². The predicted molar refractivity (Wildman–Crippen MR) is 125 cm³/mol. The maximum absolute atomic E-state index is 4.15. The number of para-hydroxylation sites is 1. The lowest BCUT2D eigenvalue weighted by molar-refractivity contribution is 0.631. The van der Waals surface area contributed by atoms with Crippen molar-refractivity contribution >= 4 is 10.9 Å². The van der Waals surface area contributed by atoms with Gasteiger partial charge in [-0.25, -0.2) is 0 Å². The van der Waals surface area contributed by atoms with Gasteiger partial charge in [0.15, 0.2) is 0 Å². The molecule has 5 nitrogen and oxygen atoms in total. The maximum Gasteiger partial charge on any atom is 0.205 e. The van der Waals surface area contributed by atoms with Crippen molar-refractivity contribution < 1.29 is 0 Å². The molecule has 0 saturated heterocycles. The van der Waals surface area contributed by atoms with Crippen molar-refractivity contribution in [3.63, 3.8) is 0 Å². The third-order valence-corrected chi connectivity index (χ3v) is 5.80. The van der Waals surface area contributed by atoms with Gasteiger partial charge in [0.25, 0.3) is 0 Å². The molecule has 2 heterocycles. The number of tetrazole rings is 1. The molecule has 0 bridgehead atoms. The minimum absolute atomic E-state index is 0.611. The Morgan fingerprint density at radius 3 is 2.42 bits per heavy atom. The van der Waals surface area contributed by atoms with Gasteiger partial charge in [-0.05, 0) is 45.8 Å². The molecule has 0 amide bonds. The average Bonchev–Trinajstić information content (AvgIpc) is 3.46. The van der Waals surface area contributed by atoms with E-state index in [0.29, 0.717) is 5.82 Å². The van der Waals surface area contributed by atoms with Gasteiger partial charge in [-0.2, -0.15) is 5.21 Å². The molecule has 0 atom stereocenters. The number of aryl methyl sites for hydroxylation is 1. The molecular weight excluding hydrogens is 382 g/mol. The highest BCUT2D eigenvalue weighted by Crippen LogP contribution is 2.30. The summed E-state index contributed by atoms with van der Waals surface area (Å²) in [5, 5.41) is 15.9. The largest absolute Gasteiger partial charge is 0.344 e. The Labute approximate surface area is 181 Å². The molecule has 154 valence electrons. The lowest BCUT2D eigenvalue weighted by Crippen LogP contribution is -2.03. The van der Waals surface area contributed by atoms with Crippen molar-refractivity contribution in [3.05, 3.63) is 90.1 Å². The lowest BCUT2D eigenvalue weighted by Gasteiger charge is -2.11. The van der Waals surface area contributed by atoms with Crippen molar-refractivity contribution in [1.82, 2.24) is 25.2 Å². The molecule has 1 N–H and O–H groups in total. The molecule has 0 aliphatic heterocycles. The number of benzene rings is 3. The van der Waals surface area contributed by atoms with Crippen molar-refractivity contribution in [2.24, 2.45) is 0 Å². The predicted octanol–water partition coefficient (Wildman–Crippen LogP) is 5.88. The summed E-state index contributed by atoms with van der Waals surface area (Å²) < 4.78 is 2.48. The van der Waals surface area contributed by atoms with Gasteiger partial charge in [0, 0.05) is 29.7 Å². The number of aromatic nitrogens is 5. The number of rotatable bonds is 7. The summed E-state index contributed by atoms with van der Waals surface area (Å²) >= 11 is 0. The fraction of sp³-hybridized carbons (Fsp3) is 0.192. The summed E-state index contributed by atoms with van der Waals surface area (Å²) in [6.45, 7) is 3.31.